The summed E-state index contributed by atoms with van der Waals surface area (Å²) in [5, 5.41) is 3.57. The van der Waals surface area contributed by atoms with Crippen molar-refractivity contribution >= 4 is 0 Å². The zero-order valence-corrected chi connectivity index (χ0v) is 11.9. The normalized spacial score (nSPS) is 17.6. The Bertz CT molecular complexity index is 176. The molecule has 0 aliphatic heterocycles. The zero-order chi connectivity index (χ0) is 12.5. The second-order valence-electron chi connectivity index (χ2n) is 6.06. The van der Waals surface area contributed by atoms with Gasteiger partial charge in [0.15, 0.2) is 0 Å². The van der Waals surface area contributed by atoms with Crippen molar-refractivity contribution in [1.29, 1.82) is 0 Å². The molecule has 2 nitrogen and oxygen atoms in total. The van der Waals surface area contributed by atoms with E-state index in [0.717, 1.165) is 24.3 Å². The molecule has 2 heteroatoms. The van der Waals surface area contributed by atoms with Crippen molar-refractivity contribution in [3.63, 3.8) is 0 Å². The van der Waals surface area contributed by atoms with Gasteiger partial charge in [-0.15, -0.1) is 0 Å². The van der Waals surface area contributed by atoms with Gasteiger partial charge in [0, 0.05) is 0 Å². The predicted molar refractivity (Wildman–Crippen MR) is 76.1 cm³/mol. The van der Waals surface area contributed by atoms with Crippen LogP contribution in [0.2, 0.25) is 0 Å². The van der Waals surface area contributed by atoms with E-state index in [9.17, 15) is 0 Å². The maximum Gasteiger partial charge on any atom is -0.00488 e. The molecule has 3 N–H and O–H groups in total. The van der Waals surface area contributed by atoms with E-state index in [1.54, 1.807) is 0 Å². The maximum absolute atomic E-state index is 5.66. The fraction of sp³-hybridized carbons (Fsp3) is 1.00. The highest BCUT2D eigenvalue weighted by atomic mass is 14.8. The average molecular weight is 240 g/mol. The highest BCUT2D eigenvalue weighted by Gasteiger charge is 2.19. The Morgan fingerprint density at radius 3 is 2.41 bits per heavy atom. The van der Waals surface area contributed by atoms with E-state index in [4.69, 9.17) is 5.73 Å². The lowest BCUT2D eigenvalue weighted by Crippen LogP contribution is -2.20. The summed E-state index contributed by atoms with van der Waals surface area (Å²) in [5.41, 5.74) is 5.66. The number of nitrogens with one attached hydrogen (secondary N) is 1. The molecule has 0 heterocycles. The number of nitrogens with two attached hydrogens (primary N) is 1. The molecule has 1 rings (SSSR count). The lowest BCUT2D eigenvalue weighted by Gasteiger charge is -2.20. The quantitative estimate of drug-likeness (QED) is 0.544. The van der Waals surface area contributed by atoms with Crippen LogP contribution in [-0.2, 0) is 0 Å². The van der Waals surface area contributed by atoms with Crippen LogP contribution in [0.25, 0.3) is 0 Å². The summed E-state index contributed by atoms with van der Waals surface area (Å²) in [5.74, 6) is 2.70. The van der Waals surface area contributed by atoms with Crippen LogP contribution in [0.4, 0.5) is 0 Å². The van der Waals surface area contributed by atoms with Crippen molar-refractivity contribution in [2.24, 2.45) is 23.5 Å². The first-order valence-electron chi connectivity index (χ1n) is 7.64. The van der Waals surface area contributed by atoms with Crippen LogP contribution in [0.15, 0.2) is 0 Å². The number of rotatable bonds is 11. The van der Waals surface area contributed by atoms with Crippen molar-refractivity contribution in [2.75, 3.05) is 19.6 Å². The van der Waals surface area contributed by atoms with Crippen molar-refractivity contribution in [1.82, 2.24) is 5.32 Å². The molecule has 102 valence electrons. The lowest BCUT2D eigenvalue weighted by atomic mass is 9.88. The van der Waals surface area contributed by atoms with Crippen LogP contribution in [0.5, 0.6) is 0 Å². The van der Waals surface area contributed by atoms with Gasteiger partial charge in [-0.3, -0.25) is 0 Å². The molecule has 0 aromatic carbocycles. The highest BCUT2D eigenvalue weighted by molar-refractivity contribution is 4.73. The average Bonchev–Trinajstić information content (AvgIpc) is 3.10. The molecule has 1 atom stereocenters. The highest BCUT2D eigenvalue weighted by Crippen LogP contribution is 2.33. The number of hydrogen-bond acceptors (Lipinski definition) is 2. The van der Waals surface area contributed by atoms with Crippen molar-refractivity contribution in [3.8, 4) is 0 Å². The van der Waals surface area contributed by atoms with Crippen molar-refractivity contribution in [3.05, 3.63) is 0 Å². The fourth-order valence-electron chi connectivity index (χ4n) is 2.56. The standard InChI is InChI=1S/C15H32N2/c1-13(2)15(9-10-16)6-4-12-17-11-3-5-14-7-8-14/h13-15,17H,3-12,16H2,1-2H3. The van der Waals surface area contributed by atoms with Crippen LogP contribution >= 0.6 is 0 Å². The Balaban J connectivity index is 1.86. The Morgan fingerprint density at radius 1 is 1.12 bits per heavy atom. The van der Waals surface area contributed by atoms with Crippen molar-refractivity contribution < 1.29 is 0 Å². The van der Waals surface area contributed by atoms with Gasteiger partial charge in [-0.2, -0.15) is 0 Å². The molecule has 17 heavy (non-hydrogen) atoms. The molecule has 0 saturated heterocycles. The van der Waals surface area contributed by atoms with E-state index in [-0.39, 0.29) is 0 Å². The van der Waals surface area contributed by atoms with Gasteiger partial charge in [0.25, 0.3) is 0 Å². The maximum atomic E-state index is 5.66. The Labute approximate surface area is 108 Å². The molecule has 1 unspecified atom stereocenters. The number of hydrogen-bond donors (Lipinski definition) is 2. The second kappa shape index (κ2) is 8.93. The molecular weight excluding hydrogens is 208 g/mol. The van der Waals surface area contributed by atoms with Crippen LogP contribution in [0.3, 0.4) is 0 Å². The first-order valence-corrected chi connectivity index (χ1v) is 7.64. The topological polar surface area (TPSA) is 38.0 Å². The Hall–Kier alpha value is -0.0800. The van der Waals surface area contributed by atoms with Crippen LogP contribution in [0.1, 0.15) is 58.8 Å². The van der Waals surface area contributed by atoms with Crippen LogP contribution in [-0.4, -0.2) is 19.6 Å². The minimum atomic E-state index is 0.786. The molecule has 1 aliphatic rings. The predicted octanol–water partition coefficient (Wildman–Crippen LogP) is 3.17. The third-order valence-corrected chi connectivity index (χ3v) is 4.07. The third kappa shape index (κ3) is 7.77. The van der Waals surface area contributed by atoms with Gasteiger partial charge in [-0.05, 0) is 69.5 Å². The SMILES string of the molecule is CC(C)C(CCN)CCCNCCCC1CC1. The first-order chi connectivity index (χ1) is 8.24. The van der Waals surface area contributed by atoms with Crippen LogP contribution < -0.4 is 11.1 Å². The minimum Gasteiger partial charge on any atom is -0.330 e. The van der Waals surface area contributed by atoms with E-state index in [1.165, 1.54) is 58.0 Å². The molecule has 0 radical (unpaired) electrons. The molecule has 1 aliphatic carbocycles. The molecule has 0 aromatic rings. The summed E-state index contributed by atoms with van der Waals surface area (Å²) in [7, 11) is 0. The minimum absolute atomic E-state index is 0.786. The molecule has 0 aromatic heterocycles. The second-order valence-corrected chi connectivity index (χ2v) is 6.06. The zero-order valence-electron chi connectivity index (χ0n) is 11.9. The van der Waals surface area contributed by atoms with Gasteiger partial charge in [-0.25, -0.2) is 0 Å². The van der Waals surface area contributed by atoms with Crippen molar-refractivity contribution in [2.45, 2.75) is 58.8 Å². The van der Waals surface area contributed by atoms with Crippen LogP contribution in [0, 0.1) is 17.8 Å². The van der Waals surface area contributed by atoms with E-state index in [2.05, 4.69) is 19.2 Å². The summed E-state index contributed by atoms with van der Waals surface area (Å²) in [6.07, 6.45) is 9.66. The third-order valence-electron chi connectivity index (χ3n) is 4.07. The largest absolute Gasteiger partial charge is 0.330 e. The molecule has 1 saturated carbocycles. The van der Waals surface area contributed by atoms with Gasteiger partial charge >= 0.3 is 0 Å². The van der Waals surface area contributed by atoms with E-state index in [0.29, 0.717) is 0 Å². The summed E-state index contributed by atoms with van der Waals surface area (Å²) in [6.45, 7) is 7.91. The Kier molecular flexibility index (Phi) is 7.87. The molecular formula is C15H32N2. The van der Waals surface area contributed by atoms with Gasteiger partial charge in [0.05, 0.1) is 0 Å². The van der Waals surface area contributed by atoms with Gasteiger partial charge in [0.2, 0.25) is 0 Å². The van der Waals surface area contributed by atoms with E-state index >= 15 is 0 Å². The molecule has 0 bridgehead atoms. The summed E-state index contributed by atoms with van der Waals surface area (Å²) < 4.78 is 0. The van der Waals surface area contributed by atoms with Gasteiger partial charge in [0.1, 0.15) is 0 Å². The summed E-state index contributed by atoms with van der Waals surface area (Å²) in [6, 6.07) is 0. The first kappa shape index (κ1) is 15.0. The summed E-state index contributed by atoms with van der Waals surface area (Å²) >= 11 is 0. The lowest BCUT2D eigenvalue weighted by molar-refractivity contribution is 0.331. The monoisotopic (exact) mass is 240 g/mol. The molecule has 1 fully saturated rings. The molecule has 0 spiro atoms. The fourth-order valence-corrected chi connectivity index (χ4v) is 2.56. The van der Waals surface area contributed by atoms with Gasteiger partial charge < -0.3 is 11.1 Å². The van der Waals surface area contributed by atoms with E-state index < -0.39 is 0 Å². The summed E-state index contributed by atoms with van der Waals surface area (Å²) in [4.78, 5) is 0. The Morgan fingerprint density at radius 2 is 1.82 bits per heavy atom. The van der Waals surface area contributed by atoms with E-state index in [1.807, 2.05) is 0 Å². The van der Waals surface area contributed by atoms with Gasteiger partial charge in [-0.1, -0.05) is 26.7 Å². The smallest absolute Gasteiger partial charge is 0.00488 e. The molecule has 0 amide bonds.